The average molecular weight is 661 g/mol. The number of urea groups is 1. The Bertz CT molecular complexity index is 1230. The van der Waals surface area contributed by atoms with Gasteiger partial charge in [0.2, 0.25) is 29.4 Å². The summed E-state index contributed by atoms with van der Waals surface area (Å²) in [5.41, 5.74) is -1.71. The van der Waals surface area contributed by atoms with Crippen molar-refractivity contribution >= 4 is 41.4 Å². The van der Waals surface area contributed by atoms with Gasteiger partial charge in [0.15, 0.2) is 0 Å². The minimum absolute atomic E-state index is 0.00347. The molecule has 264 valence electrons. The Kier molecular flexibility index (Phi) is 11.9. The summed E-state index contributed by atoms with van der Waals surface area (Å²) in [7, 11) is 0. The second-order valence-electron chi connectivity index (χ2n) is 16.4. The summed E-state index contributed by atoms with van der Waals surface area (Å²) in [4.78, 5) is 94.7. The lowest BCUT2D eigenvalue weighted by Gasteiger charge is -2.40. The van der Waals surface area contributed by atoms with Crippen LogP contribution in [0, 0.1) is 16.2 Å². The smallest absolute Gasteiger partial charge is 0.315 e. The van der Waals surface area contributed by atoms with Crippen molar-refractivity contribution in [2.75, 3.05) is 13.1 Å². The lowest BCUT2D eigenvalue weighted by atomic mass is 9.80. The van der Waals surface area contributed by atoms with E-state index in [1.807, 2.05) is 62.3 Å². The van der Waals surface area contributed by atoms with Crippen molar-refractivity contribution in [1.29, 1.82) is 0 Å². The zero-order chi connectivity index (χ0) is 35.5. The van der Waals surface area contributed by atoms with Gasteiger partial charge in [-0.1, -0.05) is 68.7 Å². The fraction of sp³-hybridized carbons (Fsp3) is 0.794. The number of rotatable bonds is 12. The van der Waals surface area contributed by atoms with E-state index in [1.54, 1.807) is 0 Å². The molecule has 3 fully saturated rings. The molecule has 3 rings (SSSR count). The first-order chi connectivity index (χ1) is 21.6. The molecule has 7 amide bonds. The number of imide groups is 1. The van der Waals surface area contributed by atoms with Crippen molar-refractivity contribution in [2.45, 2.75) is 144 Å². The minimum atomic E-state index is -1.02. The Morgan fingerprint density at radius 3 is 1.98 bits per heavy atom. The highest BCUT2D eigenvalue weighted by Crippen LogP contribution is 2.33. The van der Waals surface area contributed by atoms with E-state index in [4.69, 9.17) is 0 Å². The topological polar surface area (TPSA) is 174 Å². The van der Waals surface area contributed by atoms with Crippen LogP contribution in [0.1, 0.15) is 114 Å². The molecule has 3 aliphatic rings. The van der Waals surface area contributed by atoms with E-state index in [9.17, 15) is 33.6 Å². The third kappa shape index (κ3) is 10.2. The normalized spacial score (nSPS) is 21.9. The molecule has 13 heteroatoms. The molecule has 4 N–H and O–H groups in total. The fourth-order valence-corrected chi connectivity index (χ4v) is 6.05. The van der Waals surface area contributed by atoms with Crippen LogP contribution in [0.4, 0.5) is 4.79 Å². The number of ketones is 1. The Morgan fingerprint density at radius 1 is 0.872 bits per heavy atom. The summed E-state index contributed by atoms with van der Waals surface area (Å²) in [5.74, 6) is -2.92. The SMILES string of the molecule is CCCC(NC(=O)[C@@H]1CCCN1C(=O)[C@@H](NC(=O)N[C@H](CN1C(=O)CC(C)(C)CC1=O)C(C)(C)C)C(C)(C)C)C(=O)C(=O)NC1CC1. The van der Waals surface area contributed by atoms with Gasteiger partial charge in [-0.15, -0.1) is 0 Å². The van der Waals surface area contributed by atoms with Gasteiger partial charge in [-0.2, -0.15) is 0 Å². The maximum absolute atomic E-state index is 14.0. The average Bonchev–Trinajstić information content (AvgIpc) is 3.60. The van der Waals surface area contributed by atoms with Crippen LogP contribution in [-0.4, -0.2) is 94.4 Å². The van der Waals surface area contributed by atoms with Crippen molar-refractivity contribution < 1.29 is 33.6 Å². The first-order valence-corrected chi connectivity index (χ1v) is 17.0. The summed E-state index contributed by atoms with van der Waals surface area (Å²) in [6.07, 6.45) is 3.91. The van der Waals surface area contributed by atoms with Gasteiger partial charge in [-0.3, -0.25) is 33.7 Å². The number of carbonyl (C=O) groups excluding carboxylic acids is 7. The van der Waals surface area contributed by atoms with Crippen LogP contribution in [-0.2, 0) is 28.8 Å². The van der Waals surface area contributed by atoms with E-state index >= 15 is 0 Å². The monoisotopic (exact) mass is 660 g/mol. The van der Waals surface area contributed by atoms with E-state index in [-0.39, 0.29) is 43.7 Å². The molecule has 2 aliphatic heterocycles. The van der Waals surface area contributed by atoms with Crippen molar-refractivity contribution in [1.82, 2.24) is 31.1 Å². The molecule has 0 aromatic carbocycles. The second kappa shape index (κ2) is 14.7. The summed E-state index contributed by atoms with van der Waals surface area (Å²) >= 11 is 0. The van der Waals surface area contributed by atoms with E-state index < -0.39 is 69.9 Å². The minimum Gasteiger partial charge on any atom is -0.347 e. The molecule has 13 nitrogen and oxygen atoms in total. The van der Waals surface area contributed by atoms with Crippen LogP contribution in [0.25, 0.3) is 0 Å². The molecule has 47 heavy (non-hydrogen) atoms. The molecule has 1 saturated carbocycles. The van der Waals surface area contributed by atoms with Crippen LogP contribution in [0.5, 0.6) is 0 Å². The zero-order valence-electron chi connectivity index (χ0n) is 29.7. The number of hydrogen-bond acceptors (Lipinski definition) is 7. The van der Waals surface area contributed by atoms with Crippen LogP contribution >= 0.6 is 0 Å². The zero-order valence-corrected chi connectivity index (χ0v) is 29.7. The molecule has 1 aliphatic carbocycles. The first-order valence-electron chi connectivity index (χ1n) is 17.0. The molecule has 0 radical (unpaired) electrons. The largest absolute Gasteiger partial charge is 0.347 e. The predicted octanol–water partition coefficient (Wildman–Crippen LogP) is 2.41. The lowest BCUT2D eigenvalue weighted by molar-refractivity contribution is -0.153. The molecule has 2 heterocycles. The Hall–Kier alpha value is -3.51. The van der Waals surface area contributed by atoms with Gasteiger partial charge in [0.25, 0.3) is 5.91 Å². The lowest BCUT2D eigenvalue weighted by Crippen LogP contribution is -2.62. The number of piperidine rings is 1. The van der Waals surface area contributed by atoms with Crippen LogP contribution in [0.3, 0.4) is 0 Å². The van der Waals surface area contributed by atoms with Gasteiger partial charge in [-0.25, -0.2) is 4.79 Å². The maximum Gasteiger partial charge on any atom is 0.315 e. The van der Waals surface area contributed by atoms with Crippen molar-refractivity contribution in [2.24, 2.45) is 16.2 Å². The first kappa shape index (κ1) is 37.9. The van der Waals surface area contributed by atoms with Gasteiger partial charge >= 0.3 is 6.03 Å². The summed E-state index contributed by atoms with van der Waals surface area (Å²) in [5, 5.41) is 11.1. The fourth-order valence-electron chi connectivity index (χ4n) is 6.05. The van der Waals surface area contributed by atoms with Gasteiger partial charge < -0.3 is 26.2 Å². The number of carbonyl (C=O) groups is 7. The number of nitrogens with one attached hydrogen (secondary N) is 4. The molecule has 2 saturated heterocycles. The van der Waals surface area contributed by atoms with Gasteiger partial charge in [0.1, 0.15) is 12.1 Å². The van der Waals surface area contributed by atoms with E-state index in [2.05, 4.69) is 21.3 Å². The molecule has 0 bridgehead atoms. The predicted molar refractivity (Wildman–Crippen MR) is 176 cm³/mol. The summed E-state index contributed by atoms with van der Waals surface area (Å²) in [6.45, 7) is 17.0. The highest BCUT2D eigenvalue weighted by atomic mass is 16.2. The van der Waals surface area contributed by atoms with Crippen molar-refractivity contribution in [3.63, 3.8) is 0 Å². The number of amides is 7. The molecule has 4 atom stereocenters. The number of Topliss-reactive ketones (excluding diaryl/α,β-unsaturated/α-hetero) is 1. The molecule has 0 spiro atoms. The Labute approximate surface area is 279 Å². The second-order valence-corrected chi connectivity index (χ2v) is 16.4. The van der Waals surface area contributed by atoms with Crippen LogP contribution in [0.2, 0.25) is 0 Å². The number of nitrogens with zero attached hydrogens (tertiary/aromatic N) is 2. The number of likely N-dealkylation sites (tertiary alicyclic amines) is 2. The molecular formula is C34H56N6O7. The number of hydrogen-bond donors (Lipinski definition) is 4. The molecule has 0 aromatic rings. The highest BCUT2D eigenvalue weighted by molar-refractivity contribution is 6.38. The standard InChI is InChI=1S/C34H56N6O7/c1-10-12-21(26(43)29(45)35-20-14-15-20)36-28(44)22-13-11-16-39(22)30(46)27(33(5,6)7)38-31(47)37-23(32(2,3)4)19-40-24(41)17-34(8,9)18-25(40)42/h20-23,27H,10-19H2,1-9H3,(H,35,45)(H,36,44)(H2,37,38,47)/t21?,22-,23+,27+/m0/s1. The molecular weight excluding hydrogens is 604 g/mol. The highest BCUT2D eigenvalue weighted by Gasteiger charge is 2.44. The summed E-state index contributed by atoms with van der Waals surface area (Å²) < 4.78 is 0. The molecule has 1 unspecified atom stereocenters. The van der Waals surface area contributed by atoms with E-state index in [0.29, 0.717) is 25.8 Å². The Balaban J connectivity index is 1.72. The quantitative estimate of drug-likeness (QED) is 0.184. The maximum atomic E-state index is 14.0. The van der Waals surface area contributed by atoms with Crippen LogP contribution < -0.4 is 21.3 Å². The van der Waals surface area contributed by atoms with Gasteiger partial charge in [0, 0.05) is 32.0 Å². The van der Waals surface area contributed by atoms with Gasteiger partial charge in [0.05, 0.1) is 12.1 Å². The van der Waals surface area contributed by atoms with Crippen molar-refractivity contribution in [3.05, 3.63) is 0 Å². The van der Waals surface area contributed by atoms with E-state index in [1.165, 1.54) is 9.80 Å². The summed E-state index contributed by atoms with van der Waals surface area (Å²) in [6, 6.07) is -4.11. The van der Waals surface area contributed by atoms with Crippen molar-refractivity contribution in [3.8, 4) is 0 Å². The third-order valence-corrected chi connectivity index (χ3v) is 9.15. The molecule has 0 aromatic heterocycles. The third-order valence-electron chi connectivity index (χ3n) is 9.15. The Morgan fingerprint density at radius 2 is 1.47 bits per heavy atom. The van der Waals surface area contributed by atoms with Crippen LogP contribution in [0.15, 0.2) is 0 Å². The van der Waals surface area contributed by atoms with E-state index in [0.717, 1.165) is 12.8 Å². The van der Waals surface area contributed by atoms with Gasteiger partial charge in [-0.05, 0) is 48.3 Å².